The molecule has 0 spiro atoms. The van der Waals surface area contributed by atoms with Gasteiger partial charge in [-0.1, -0.05) is 18.2 Å². The van der Waals surface area contributed by atoms with Crippen molar-refractivity contribution >= 4 is 5.97 Å². The third kappa shape index (κ3) is 2.15. The number of aliphatic hydroxyl groups excluding tert-OH is 1. The van der Waals surface area contributed by atoms with Crippen molar-refractivity contribution in [2.24, 2.45) is 0 Å². The van der Waals surface area contributed by atoms with E-state index in [-0.39, 0.29) is 18.6 Å². The summed E-state index contributed by atoms with van der Waals surface area (Å²) in [7, 11) is 0. The third-order valence-electron chi connectivity index (χ3n) is 2.55. The van der Waals surface area contributed by atoms with Crippen molar-refractivity contribution in [1.82, 2.24) is 0 Å². The van der Waals surface area contributed by atoms with Crippen LogP contribution in [0.1, 0.15) is 18.9 Å². The topological polar surface area (TPSA) is 57.5 Å². The summed E-state index contributed by atoms with van der Waals surface area (Å²) < 4.78 is 13.4. The lowest BCUT2D eigenvalue weighted by Crippen LogP contribution is -2.34. The Labute approximate surface area is 87.2 Å². The second-order valence-electron chi connectivity index (χ2n) is 3.59. The van der Waals surface area contributed by atoms with Gasteiger partial charge in [0.1, 0.15) is 5.82 Å². The zero-order valence-electron chi connectivity index (χ0n) is 8.40. The zero-order valence-corrected chi connectivity index (χ0v) is 8.40. The monoisotopic (exact) mass is 212 g/mol. The van der Waals surface area contributed by atoms with Crippen LogP contribution in [0.4, 0.5) is 4.39 Å². The number of aliphatic hydroxyl groups is 1. The van der Waals surface area contributed by atoms with Gasteiger partial charge in [-0.05, 0) is 19.4 Å². The van der Waals surface area contributed by atoms with E-state index in [2.05, 4.69) is 0 Å². The smallest absolute Gasteiger partial charge is 0.314 e. The standard InChI is InChI=1S/C11H13FO3/c1-11(6-7-13,10(14)15)8-4-2-3-5-9(8)12/h2-5,13H,6-7H2,1H3,(H,14,15). The van der Waals surface area contributed by atoms with Crippen molar-refractivity contribution in [3.63, 3.8) is 0 Å². The summed E-state index contributed by atoms with van der Waals surface area (Å²) in [5.74, 6) is -1.70. The summed E-state index contributed by atoms with van der Waals surface area (Å²) in [6.45, 7) is 1.11. The highest BCUT2D eigenvalue weighted by Gasteiger charge is 2.36. The predicted molar refractivity (Wildman–Crippen MR) is 53.1 cm³/mol. The van der Waals surface area contributed by atoms with E-state index in [9.17, 15) is 9.18 Å². The second kappa shape index (κ2) is 4.40. The molecule has 1 atom stereocenters. The van der Waals surface area contributed by atoms with Gasteiger partial charge in [-0.3, -0.25) is 4.79 Å². The van der Waals surface area contributed by atoms with E-state index in [4.69, 9.17) is 10.2 Å². The molecular weight excluding hydrogens is 199 g/mol. The number of aliphatic carboxylic acids is 1. The van der Waals surface area contributed by atoms with Crippen LogP contribution < -0.4 is 0 Å². The van der Waals surface area contributed by atoms with Crippen LogP contribution >= 0.6 is 0 Å². The van der Waals surface area contributed by atoms with Gasteiger partial charge < -0.3 is 10.2 Å². The molecule has 0 radical (unpaired) electrons. The molecule has 15 heavy (non-hydrogen) atoms. The number of rotatable bonds is 4. The summed E-state index contributed by atoms with van der Waals surface area (Å²) in [6, 6.07) is 5.73. The average Bonchev–Trinajstić information content (AvgIpc) is 2.18. The first-order chi connectivity index (χ1) is 7.02. The zero-order chi connectivity index (χ0) is 11.5. The highest BCUT2D eigenvalue weighted by Crippen LogP contribution is 2.29. The number of carboxylic acid groups (broad SMARTS) is 1. The minimum absolute atomic E-state index is 0.0106. The summed E-state index contributed by atoms with van der Waals surface area (Å²) in [5, 5.41) is 17.9. The molecule has 0 bridgehead atoms. The number of hydrogen-bond acceptors (Lipinski definition) is 2. The van der Waals surface area contributed by atoms with Crippen LogP contribution in [0.15, 0.2) is 24.3 Å². The summed E-state index contributed by atoms with van der Waals surface area (Å²) >= 11 is 0. The lowest BCUT2D eigenvalue weighted by atomic mass is 9.79. The highest BCUT2D eigenvalue weighted by atomic mass is 19.1. The van der Waals surface area contributed by atoms with Crippen LogP contribution in [-0.4, -0.2) is 22.8 Å². The van der Waals surface area contributed by atoms with E-state index < -0.39 is 17.2 Å². The van der Waals surface area contributed by atoms with Crippen molar-refractivity contribution in [3.05, 3.63) is 35.6 Å². The SMILES string of the molecule is CC(CCO)(C(=O)O)c1ccccc1F. The molecule has 0 aliphatic carbocycles. The van der Waals surface area contributed by atoms with Crippen molar-refractivity contribution in [2.75, 3.05) is 6.61 Å². The molecule has 1 aromatic rings. The minimum atomic E-state index is -1.37. The Bertz CT molecular complexity index is 365. The second-order valence-corrected chi connectivity index (χ2v) is 3.59. The van der Waals surface area contributed by atoms with E-state index in [0.29, 0.717) is 0 Å². The van der Waals surface area contributed by atoms with Gasteiger partial charge in [0, 0.05) is 12.2 Å². The number of carbonyl (C=O) groups is 1. The molecule has 1 unspecified atom stereocenters. The van der Waals surface area contributed by atoms with E-state index in [1.165, 1.54) is 25.1 Å². The lowest BCUT2D eigenvalue weighted by molar-refractivity contribution is -0.144. The van der Waals surface area contributed by atoms with E-state index in [0.717, 1.165) is 0 Å². The molecule has 1 rings (SSSR count). The molecule has 0 heterocycles. The molecule has 1 aromatic carbocycles. The molecule has 0 aromatic heterocycles. The van der Waals surface area contributed by atoms with Crippen LogP contribution in [-0.2, 0) is 10.2 Å². The van der Waals surface area contributed by atoms with Crippen LogP contribution in [0, 0.1) is 5.82 Å². The Balaban J connectivity index is 3.21. The van der Waals surface area contributed by atoms with Gasteiger partial charge in [0.2, 0.25) is 0 Å². The van der Waals surface area contributed by atoms with Gasteiger partial charge in [-0.2, -0.15) is 0 Å². The number of benzene rings is 1. The Morgan fingerprint density at radius 2 is 2.07 bits per heavy atom. The Morgan fingerprint density at radius 3 is 2.53 bits per heavy atom. The molecule has 0 aliphatic rings. The average molecular weight is 212 g/mol. The van der Waals surface area contributed by atoms with Crippen molar-refractivity contribution < 1.29 is 19.4 Å². The molecule has 0 fully saturated rings. The number of halogens is 1. The quantitative estimate of drug-likeness (QED) is 0.796. The first-order valence-electron chi connectivity index (χ1n) is 4.61. The molecular formula is C11H13FO3. The molecule has 0 saturated heterocycles. The van der Waals surface area contributed by atoms with Crippen LogP contribution in [0.3, 0.4) is 0 Å². The van der Waals surface area contributed by atoms with E-state index >= 15 is 0 Å². The first kappa shape index (κ1) is 11.7. The molecule has 0 saturated carbocycles. The fraction of sp³-hybridized carbons (Fsp3) is 0.364. The third-order valence-corrected chi connectivity index (χ3v) is 2.55. The number of carboxylic acids is 1. The largest absolute Gasteiger partial charge is 0.481 e. The van der Waals surface area contributed by atoms with Crippen molar-refractivity contribution in [1.29, 1.82) is 0 Å². The molecule has 82 valence electrons. The normalized spacial score (nSPS) is 14.6. The molecule has 2 N–H and O–H groups in total. The van der Waals surface area contributed by atoms with Gasteiger partial charge in [0.25, 0.3) is 0 Å². The van der Waals surface area contributed by atoms with Gasteiger partial charge in [0.15, 0.2) is 0 Å². The summed E-state index contributed by atoms with van der Waals surface area (Å²) in [6.07, 6.45) is -0.0106. The fourth-order valence-electron chi connectivity index (χ4n) is 1.49. The fourth-order valence-corrected chi connectivity index (χ4v) is 1.49. The lowest BCUT2D eigenvalue weighted by Gasteiger charge is -2.24. The maximum atomic E-state index is 13.4. The molecule has 0 amide bonds. The van der Waals surface area contributed by atoms with E-state index in [1.807, 2.05) is 0 Å². The van der Waals surface area contributed by atoms with Crippen LogP contribution in [0.25, 0.3) is 0 Å². The minimum Gasteiger partial charge on any atom is -0.481 e. The number of hydrogen-bond donors (Lipinski definition) is 2. The van der Waals surface area contributed by atoms with Gasteiger partial charge in [0.05, 0.1) is 5.41 Å². The van der Waals surface area contributed by atoms with E-state index in [1.54, 1.807) is 6.07 Å². The molecule has 0 aliphatic heterocycles. The first-order valence-corrected chi connectivity index (χ1v) is 4.61. The molecule has 3 nitrogen and oxygen atoms in total. The van der Waals surface area contributed by atoms with Gasteiger partial charge in [-0.15, -0.1) is 0 Å². The van der Waals surface area contributed by atoms with Crippen LogP contribution in [0.5, 0.6) is 0 Å². The highest BCUT2D eigenvalue weighted by molar-refractivity contribution is 5.80. The summed E-state index contributed by atoms with van der Waals surface area (Å²) in [4.78, 5) is 11.1. The van der Waals surface area contributed by atoms with Gasteiger partial charge in [-0.25, -0.2) is 4.39 Å². The maximum absolute atomic E-state index is 13.4. The Morgan fingerprint density at radius 1 is 1.47 bits per heavy atom. The predicted octanol–water partition coefficient (Wildman–Crippen LogP) is 1.55. The summed E-state index contributed by atoms with van der Waals surface area (Å²) in [5.41, 5.74) is -1.27. The Kier molecular flexibility index (Phi) is 3.42. The molecule has 4 heteroatoms. The van der Waals surface area contributed by atoms with Crippen LogP contribution in [0.2, 0.25) is 0 Å². The van der Waals surface area contributed by atoms with Crippen molar-refractivity contribution in [2.45, 2.75) is 18.8 Å². The Hall–Kier alpha value is -1.42. The van der Waals surface area contributed by atoms with Gasteiger partial charge >= 0.3 is 5.97 Å². The van der Waals surface area contributed by atoms with Crippen molar-refractivity contribution in [3.8, 4) is 0 Å². The maximum Gasteiger partial charge on any atom is 0.314 e.